The zero-order valence-corrected chi connectivity index (χ0v) is 13.4. The first-order valence-corrected chi connectivity index (χ1v) is 7.76. The number of rotatable bonds is 6. The van der Waals surface area contributed by atoms with Gasteiger partial charge in [0.1, 0.15) is 6.54 Å². The molecule has 1 aliphatic rings. The topological polar surface area (TPSA) is 32.3 Å². The number of amides is 1. The lowest BCUT2D eigenvalue weighted by Crippen LogP contribution is -2.54. The Labute approximate surface area is 125 Å². The summed E-state index contributed by atoms with van der Waals surface area (Å²) in [7, 11) is 0. The van der Waals surface area contributed by atoms with Crippen molar-refractivity contribution >= 4 is 5.91 Å². The van der Waals surface area contributed by atoms with E-state index in [9.17, 15) is 18.0 Å². The first-order chi connectivity index (χ1) is 9.68. The molecule has 21 heavy (non-hydrogen) atoms. The van der Waals surface area contributed by atoms with Gasteiger partial charge in [-0.25, -0.2) is 0 Å². The monoisotopic (exact) mass is 308 g/mol. The highest BCUT2D eigenvalue weighted by atomic mass is 19.4. The van der Waals surface area contributed by atoms with Gasteiger partial charge in [-0.1, -0.05) is 27.7 Å². The van der Waals surface area contributed by atoms with Crippen LogP contribution >= 0.6 is 0 Å². The molecule has 1 N–H and O–H groups in total. The Kier molecular flexibility index (Phi) is 6.08. The molecule has 124 valence electrons. The van der Waals surface area contributed by atoms with Crippen LogP contribution in [0.4, 0.5) is 13.2 Å². The number of carbonyl (C=O) groups excluding carboxylic acids is 1. The van der Waals surface area contributed by atoms with E-state index in [0.717, 1.165) is 4.90 Å². The van der Waals surface area contributed by atoms with Crippen molar-refractivity contribution in [3.63, 3.8) is 0 Å². The van der Waals surface area contributed by atoms with Crippen LogP contribution in [0.2, 0.25) is 0 Å². The van der Waals surface area contributed by atoms with Crippen LogP contribution < -0.4 is 5.32 Å². The minimum atomic E-state index is -4.36. The highest BCUT2D eigenvalue weighted by Gasteiger charge is 2.49. The van der Waals surface area contributed by atoms with E-state index in [1.165, 1.54) is 0 Å². The van der Waals surface area contributed by atoms with Gasteiger partial charge in [0.15, 0.2) is 0 Å². The molecule has 1 saturated heterocycles. The number of carbonyl (C=O) groups is 1. The molecule has 0 spiro atoms. The molecule has 0 aromatic heterocycles. The second-order valence-corrected chi connectivity index (χ2v) is 6.26. The lowest BCUT2D eigenvalue weighted by atomic mass is 9.74. The van der Waals surface area contributed by atoms with Gasteiger partial charge in [0.2, 0.25) is 5.91 Å². The summed E-state index contributed by atoms with van der Waals surface area (Å²) in [4.78, 5) is 14.0. The van der Waals surface area contributed by atoms with Crippen molar-refractivity contribution in [3.05, 3.63) is 0 Å². The maximum atomic E-state index is 12.9. The summed E-state index contributed by atoms with van der Waals surface area (Å²) in [6, 6.07) is -0.352. The molecule has 1 atom stereocenters. The van der Waals surface area contributed by atoms with E-state index in [4.69, 9.17) is 0 Å². The van der Waals surface area contributed by atoms with E-state index in [-0.39, 0.29) is 17.9 Å². The van der Waals surface area contributed by atoms with Crippen LogP contribution in [0.15, 0.2) is 0 Å². The first-order valence-electron chi connectivity index (χ1n) is 7.76. The smallest absolute Gasteiger partial charge is 0.330 e. The van der Waals surface area contributed by atoms with E-state index in [0.29, 0.717) is 32.4 Å². The molecule has 3 nitrogen and oxygen atoms in total. The lowest BCUT2D eigenvalue weighted by molar-refractivity contribution is -0.174. The van der Waals surface area contributed by atoms with Crippen molar-refractivity contribution in [3.8, 4) is 0 Å². The molecular weight excluding hydrogens is 281 g/mol. The number of alkyl halides is 3. The van der Waals surface area contributed by atoms with E-state index < -0.39 is 18.1 Å². The number of halogens is 3. The van der Waals surface area contributed by atoms with Gasteiger partial charge in [-0.3, -0.25) is 4.79 Å². The molecule has 0 aliphatic carbocycles. The molecule has 1 unspecified atom stereocenters. The molecular formula is C15H27F3N2O. The standard InChI is InChI=1S/C15H27F3N2O/c1-5-12(6-2)20(10-15(16,17)18)13(21)14(11(3)4)7-8-19-9-14/h11-12,19H,5-10H2,1-4H3. The molecule has 0 saturated carbocycles. The number of hydrogen-bond acceptors (Lipinski definition) is 2. The summed E-state index contributed by atoms with van der Waals surface area (Å²) < 4.78 is 38.7. The Balaban J connectivity index is 3.08. The second-order valence-electron chi connectivity index (χ2n) is 6.26. The Hall–Kier alpha value is -0.780. The van der Waals surface area contributed by atoms with E-state index in [1.807, 2.05) is 27.7 Å². The van der Waals surface area contributed by atoms with Gasteiger partial charge < -0.3 is 10.2 Å². The van der Waals surface area contributed by atoms with Crippen LogP contribution in [0.3, 0.4) is 0 Å². The van der Waals surface area contributed by atoms with Crippen LogP contribution in [0.5, 0.6) is 0 Å². The number of nitrogens with one attached hydrogen (secondary N) is 1. The van der Waals surface area contributed by atoms with Gasteiger partial charge in [-0.2, -0.15) is 13.2 Å². The molecule has 0 aromatic rings. The Morgan fingerprint density at radius 1 is 1.29 bits per heavy atom. The summed E-state index contributed by atoms with van der Waals surface area (Å²) >= 11 is 0. The third-order valence-electron chi connectivity index (χ3n) is 4.71. The molecule has 1 rings (SSSR count). The van der Waals surface area contributed by atoms with Crippen molar-refractivity contribution < 1.29 is 18.0 Å². The quantitative estimate of drug-likeness (QED) is 0.817. The molecule has 0 bridgehead atoms. The van der Waals surface area contributed by atoms with Crippen LogP contribution in [0.1, 0.15) is 47.0 Å². The van der Waals surface area contributed by atoms with Crippen LogP contribution in [-0.2, 0) is 4.79 Å². The van der Waals surface area contributed by atoms with Crippen LogP contribution in [-0.4, -0.2) is 42.7 Å². The summed E-state index contributed by atoms with van der Waals surface area (Å²) in [5, 5.41) is 3.14. The fourth-order valence-corrected chi connectivity index (χ4v) is 3.21. The summed E-state index contributed by atoms with van der Waals surface area (Å²) in [5.74, 6) is -0.321. The van der Waals surface area contributed by atoms with Gasteiger partial charge in [0.05, 0.1) is 5.41 Å². The fraction of sp³-hybridized carbons (Fsp3) is 0.933. The summed E-state index contributed by atoms with van der Waals surface area (Å²) in [5.41, 5.74) is -0.701. The fourth-order valence-electron chi connectivity index (χ4n) is 3.21. The molecule has 1 fully saturated rings. The maximum Gasteiger partial charge on any atom is 0.406 e. The predicted molar refractivity (Wildman–Crippen MR) is 76.9 cm³/mol. The van der Waals surface area contributed by atoms with Gasteiger partial charge in [0.25, 0.3) is 0 Å². The molecule has 1 amide bonds. The Morgan fingerprint density at radius 3 is 2.19 bits per heavy atom. The zero-order chi connectivity index (χ0) is 16.3. The SMILES string of the molecule is CCC(CC)N(CC(F)(F)F)C(=O)C1(C(C)C)CCNC1. The minimum absolute atomic E-state index is 0.0186. The normalized spacial score (nSPS) is 23.1. The first kappa shape index (κ1) is 18.3. The van der Waals surface area contributed by atoms with Crippen molar-refractivity contribution in [1.82, 2.24) is 10.2 Å². The highest BCUT2D eigenvalue weighted by molar-refractivity contribution is 5.84. The van der Waals surface area contributed by atoms with Crippen LogP contribution in [0.25, 0.3) is 0 Å². The van der Waals surface area contributed by atoms with E-state index in [2.05, 4.69) is 5.32 Å². The van der Waals surface area contributed by atoms with Crippen molar-refractivity contribution in [1.29, 1.82) is 0 Å². The molecule has 0 radical (unpaired) electrons. The summed E-state index contributed by atoms with van der Waals surface area (Å²) in [6.45, 7) is 7.52. The van der Waals surface area contributed by atoms with Crippen molar-refractivity contribution in [2.45, 2.75) is 59.2 Å². The van der Waals surface area contributed by atoms with Crippen molar-refractivity contribution in [2.24, 2.45) is 11.3 Å². The number of nitrogens with zero attached hydrogens (tertiary/aromatic N) is 1. The maximum absolute atomic E-state index is 12.9. The van der Waals surface area contributed by atoms with Gasteiger partial charge in [0, 0.05) is 12.6 Å². The van der Waals surface area contributed by atoms with Gasteiger partial charge >= 0.3 is 6.18 Å². The van der Waals surface area contributed by atoms with E-state index >= 15 is 0 Å². The largest absolute Gasteiger partial charge is 0.406 e. The van der Waals surface area contributed by atoms with Crippen LogP contribution in [0, 0.1) is 11.3 Å². The lowest BCUT2D eigenvalue weighted by Gasteiger charge is -2.40. The van der Waals surface area contributed by atoms with Gasteiger partial charge in [-0.15, -0.1) is 0 Å². The average molecular weight is 308 g/mol. The average Bonchev–Trinajstić information content (AvgIpc) is 2.87. The second kappa shape index (κ2) is 6.99. The molecule has 0 aromatic carbocycles. The molecule has 1 aliphatic heterocycles. The van der Waals surface area contributed by atoms with Gasteiger partial charge in [-0.05, 0) is 31.7 Å². The molecule has 6 heteroatoms. The third-order valence-corrected chi connectivity index (χ3v) is 4.71. The number of hydrogen-bond donors (Lipinski definition) is 1. The molecule has 1 heterocycles. The Morgan fingerprint density at radius 2 is 1.86 bits per heavy atom. The third kappa shape index (κ3) is 4.11. The minimum Gasteiger partial charge on any atom is -0.330 e. The Bertz CT molecular complexity index is 345. The van der Waals surface area contributed by atoms with E-state index in [1.54, 1.807) is 0 Å². The zero-order valence-electron chi connectivity index (χ0n) is 13.4. The highest BCUT2D eigenvalue weighted by Crippen LogP contribution is 2.38. The summed E-state index contributed by atoms with van der Waals surface area (Å²) in [6.07, 6.45) is -2.67. The predicted octanol–water partition coefficient (Wildman–Crippen LogP) is 3.20. The van der Waals surface area contributed by atoms with Crippen molar-refractivity contribution in [2.75, 3.05) is 19.6 Å².